The minimum atomic E-state index is -0.390. The van der Waals surface area contributed by atoms with E-state index in [1.165, 1.54) is 49.0 Å². The van der Waals surface area contributed by atoms with Crippen LogP contribution in [0.25, 0.3) is 5.65 Å². The number of anilines is 1. The van der Waals surface area contributed by atoms with Crippen LogP contribution in [0.15, 0.2) is 53.6 Å². The van der Waals surface area contributed by atoms with Crippen molar-refractivity contribution in [3.63, 3.8) is 0 Å². The summed E-state index contributed by atoms with van der Waals surface area (Å²) in [6, 6.07) is 11.5. The van der Waals surface area contributed by atoms with Crippen molar-refractivity contribution in [1.29, 1.82) is 0 Å². The van der Waals surface area contributed by atoms with E-state index in [9.17, 15) is 9.59 Å². The summed E-state index contributed by atoms with van der Waals surface area (Å²) < 4.78 is 1.41. The number of amides is 1. The molecule has 3 aromatic rings. The molecule has 4 heterocycles. The van der Waals surface area contributed by atoms with E-state index < -0.39 is 5.91 Å². The lowest BCUT2D eigenvalue weighted by atomic mass is 10.0. The number of hydrogen-bond acceptors (Lipinski definition) is 6. The molecule has 0 bridgehead atoms. The van der Waals surface area contributed by atoms with Crippen molar-refractivity contribution in [2.75, 3.05) is 18.0 Å². The summed E-state index contributed by atoms with van der Waals surface area (Å²) in [5, 5.41) is 6.78. The first kappa shape index (κ1) is 22.5. The lowest BCUT2D eigenvalue weighted by molar-refractivity contribution is 0.0934. The molecular formula is C26H32N6O2. The summed E-state index contributed by atoms with van der Waals surface area (Å²) in [5.41, 5.74) is 2.15. The van der Waals surface area contributed by atoms with Crippen molar-refractivity contribution >= 4 is 17.2 Å². The maximum absolute atomic E-state index is 12.8. The Morgan fingerprint density at radius 1 is 1.09 bits per heavy atom. The van der Waals surface area contributed by atoms with Crippen LogP contribution in [-0.2, 0) is 0 Å². The Hall–Kier alpha value is -3.26. The highest BCUT2D eigenvalue weighted by molar-refractivity contribution is 5.92. The molecule has 0 spiro atoms. The van der Waals surface area contributed by atoms with Crippen LogP contribution >= 0.6 is 0 Å². The van der Waals surface area contributed by atoms with Crippen LogP contribution in [0.5, 0.6) is 0 Å². The van der Waals surface area contributed by atoms with E-state index in [1.54, 1.807) is 24.4 Å². The predicted octanol–water partition coefficient (Wildman–Crippen LogP) is 3.08. The zero-order valence-electron chi connectivity index (χ0n) is 19.6. The average molecular weight is 461 g/mol. The number of rotatable bonds is 6. The monoisotopic (exact) mass is 460 g/mol. The summed E-state index contributed by atoms with van der Waals surface area (Å²) in [5.74, 6) is -0.390. The van der Waals surface area contributed by atoms with Gasteiger partial charge in [0.05, 0.1) is 23.6 Å². The quantitative estimate of drug-likeness (QED) is 0.587. The Balaban J connectivity index is 1.22. The highest BCUT2D eigenvalue weighted by Crippen LogP contribution is 2.24. The normalized spacial score (nSPS) is 19.9. The second-order valence-corrected chi connectivity index (χ2v) is 9.48. The number of fused-ring (bicyclic) bond motifs is 1. The summed E-state index contributed by atoms with van der Waals surface area (Å²) in [7, 11) is 0. The summed E-state index contributed by atoms with van der Waals surface area (Å²) in [6.07, 6.45) is 11.3. The van der Waals surface area contributed by atoms with Crippen LogP contribution in [0, 0.1) is 0 Å². The van der Waals surface area contributed by atoms with Crippen molar-refractivity contribution in [1.82, 2.24) is 25.0 Å². The van der Waals surface area contributed by atoms with E-state index in [1.807, 2.05) is 19.2 Å². The standard InChI is InChI=1S/C26H32N6O2/c1-18(28-26(34)23-15-25(33)32-14-5-4-10-24(32)30-23)22-12-11-21(16-27-22)31-13-6-9-20(17-31)29-19-7-2-3-8-19/h4-5,10-12,14-16,18-20,29H,2-3,6-9,13,17H2,1H3,(H,28,34)/t18?,20-/m1/s1. The largest absolute Gasteiger partial charge is 0.369 e. The molecule has 5 rings (SSSR count). The average Bonchev–Trinajstić information content (AvgIpc) is 3.37. The maximum atomic E-state index is 12.8. The van der Waals surface area contributed by atoms with Crippen molar-refractivity contribution < 1.29 is 4.79 Å². The van der Waals surface area contributed by atoms with Crippen LogP contribution < -0.4 is 21.1 Å². The van der Waals surface area contributed by atoms with E-state index in [2.05, 4.69) is 31.6 Å². The molecule has 2 N–H and O–H groups in total. The Morgan fingerprint density at radius 2 is 1.91 bits per heavy atom. The molecule has 1 saturated heterocycles. The third-order valence-electron chi connectivity index (χ3n) is 6.98. The van der Waals surface area contributed by atoms with Crippen molar-refractivity contribution in [2.24, 2.45) is 0 Å². The lowest BCUT2D eigenvalue weighted by Gasteiger charge is -2.36. The van der Waals surface area contributed by atoms with Gasteiger partial charge in [0.15, 0.2) is 0 Å². The third kappa shape index (κ3) is 4.97. The first-order valence-corrected chi connectivity index (χ1v) is 12.3. The van der Waals surface area contributed by atoms with Gasteiger partial charge in [0.1, 0.15) is 11.3 Å². The molecule has 1 amide bonds. The number of pyridine rings is 2. The number of aromatic nitrogens is 3. The Kier molecular flexibility index (Phi) is 6.58. The van der Waals surface area contributed by atoms with Gasteiger partial charge < -0.3 is 15.5 Å². The molecule has 0 radical (unpaired) electrons. The third-order valence-corrected chi connectivity index (χ3v) is 6.98. The van der Waals surface area contributed by atoms with Crippen LogP contribution in [0.3, 0.4) is 0 Å². The zero-order chi connectivity index (χ0) is 23.5. The summed E-state index contributed by atoms with van der Waals surface area (Å²) in [4.78, 5) is 36.4. The number of hydrogen-bond donors (Lipinski definition) is 2. The van der Waals surface area contributed by atoms with Gasteiger partial charge in [-0.05, 0) is 56.9 Å². The van der Waals surface area contributed by atoms with Crippen molar-refractivity contribution in [2.45, 2.75) is 63.6 Å². The molecule has 1 aliphatic carbocycles. The second-order valence-electron chi connectivity index (χ2n) is 9.48. The van der Waals surface area contributed by atoms with Crippen molar-refractivity contribution in [3.05, 3.63) is 70.5 Å². The molecule has 8 heteroatoms. The number of nitrogens with one attached hydrogen (secondary N) is 2. The van der Waals surface area contributed by atoms with Gasteiger partial charge in [-0.15, -0.1) is 0 Å². The molecule has 1 unspecified atom stereocenters. The second kappa shape index (κ2) is 9.93. The molecule has 3 aromatic heterocycles. The van der Waals surface area contributed by atoms with Crippen LogP contribution in [-0.4, -0.2) is 45.4 Å². The molecule has 2 aliphatic rings. The SMILES string of the molecule is CC(NC(=O)c1cc(=O)n2ccccc2n1)c1ccc(N2CCC[C@@H](NC3CCCC3)C2)cn1. The molecule has 0 aromatic carbocycles. The number of nitrogens with zero attached hydrogens (tertiary/aromatic N) is 4. The van der Waals surface area contributed by atoms with Crippen LogP contribution in [0.4, 0.5) is 5.69 Å². The topological polar surface area (TPSA) is 91.6 Å². The van der Waals surface area contributed by atoms with Gasteiger partial charge in [-0.1, -0.05) is 18.9 Å². The smallest absolute Gasteiger partial charge is 0.270 e. The minimum Gasteiger partial charge on any atom is -0.369 e. The van der Waals surface area contributed by atoms with Crippen LogP contribution in [0.2, 0.25) is 0 Å². The Morgan fingerprint density at radius 3 is 2.71 bits per heavy atom. The van der Waals surface area contributed by atoms with Gasteiger partial charge in [0.25, 0.3) is 11.5 Å². The minimum absolute atomic E-state index is 0.105. The van der Waals surface area contributed by atoms with Crippen molar-refractivity contribution in [3.8, 4) is 0 Å². The fourth-order valence-electron chi connectivity index (χ4n) is 5.13. The van der Waals surface area contributed by atoms with Gasteiger partial charge in [0.2, 0.25) is 0 Å². The molecule has 178 valence electrons. The fourth-order valence-corrected chi connectivity index (χ4v) is 5.13. The van der Waals surface area contributed by atoms with E-state index in [4.69, 9.17) is 0 Å². The van der Waals surface area contributed by atoms with Gasteiger partial charge in [-0.25, -0.2) is 4.98 Å². The van der Waals surface area contributed by atoms with E-state index in [0.717, 1.165) is 24.5 Å². The summed E-state index contributed by atoms with van der Waals surface area (Å²) in [6.45, 7) is 3.93. The van der Waals surface area contributed by atoms with Crippen LogP contribution in [0.1, 0.15) is 67.7 Å². The van der Waals surface area contributed by atoms with Gasteiger partial charge >= 0.3 is 0 Å². The molecule has 1 saturated carbocycles. The summed E-state index contributed by atoms with van der Waals surface area (Å²) >= 11 is 0. The van der Waals surface area contributed by atoms with Gasteiger partial charge in [0, 0.05) is 37.4 Å². The van der Waals surface area contributed by atoms with E-state index in [-0.39, 0.29) is 17.3 Å². The first-order chi connectivity index (χ1) is 16.6. The maximum Gasteiger partial charge on any atom is 0.270 e. The molecular weight excluding hydrogens is 428 g/mol. The van der Waals surface area contributed by atoms with E-state index >= 15 is 0 Å². The highest BCUT2D eigenvalue weighted by atomic mass is 16.2. The van der Waals surface area contributed by atoms with E-state index in [0.29, 0.717) is 17.7 Å². The Labute approximate surface area is 199 Å². The molecule has 34 heavy (non-hydrogen) atoms. The molecule has 1 aliphatic heterocycles. The van der Waals surface area contributed by atoms with Gasteiger partial charge in [-0.3, -0.25) is 19.0 Å². The highest BCUT2D eigenvalue weighted by Gasteiger charge is 2.24. The zero-order valence-corrected chi connectivity index (χ0v) is 19.6. The number of carbonyl (C=O) groups excluding carboxylic acids is 1. The van der Waals surface area contributed by atoms with Gasteiger partial charge in [-0.2, -0.15) is 0 Å². The number of piperidine rings is 1. The fraction of sp³-hybridized carbons (Fsp3) is 0.462. The Bertz CT molecular complexity index is 1200. The lowest BCUT2D eigenvalue weighted by Crippen LogP contribution is -2.48. The molecule has 2 atom stereocenters. The molecule has 2 fully saturated rings. The first-order valence-electron chi connectivity index (χ1n) is 12.3. The predicted molar refractivity (Wildman–Crippen MR) is 132 cm³/mol. The number of carbonyl (C=O) groups is 1. The molecule has 8 nitrogen and oxygen atoms in total.